The number of anilines is 1. The molecule has 0 amide bonds. The summed E-state index contributed by atoms with van der Waals surface area (Å²) in [6.07, 6.45) is 10.3. The van der Waals surface area contributed by atoms with Crippen molar-refractivity contribution in [1.82, 2.24) is 9.97 Å². The smallest absolute Gasteiger partial charge is 0.130 e. The monoisotopic (exact) mass is 235 g/mol. The summed E-state index contributed by atoms with van der Waals surface area (Å²) in [6, 6.07) is 1.95. The minimum absolute atomic E-state index is 0.971. The molecule has 3 nitrogen and oxygen atoms in total. The van der Waals surface area contributed by atoms with Crippen LogP contribution in [0.25, 0.3) is 0 Å². The van der Waals surface area contributed by atoms with Gasteiger partial charge in [-0.3, -0.25) is 0 Å². The van der Waals surface area contributed by atoms with Gasteiger partial charge in [-0.05, 0) is 18.9 Å². The minimum Gasteiger partial charge on any atom is -0.370 e. The zero-order valence-corrected chi connectivity index (χ0v) is 11.2. The van der Waals surface area contributed by atoms with Gasteiger partial charge in [-0.2, -0.15) is 0 Å². The van der Waals surface area contributed by atoms with Crippen LogP contribution < -0.4 is 5.32 Å². The molecule has 0 fully saturated rings. The second kappa shape index (κ2) is 8.97. The normalized spacial score (nSPS) is 10.5. The summed E-state index contributed by atoms with van der Waals surface area (Å²) in [6.45, 7) is 5.45. The standard InChI is InChI=1S/C14H25N3/c1-3-5-7-9-13-16-12-10-14(17-13)15-11-8-6-4-2/h10,12H,3-9,11H2,1-2H3,(H,15,16,17). The quantitative estimate of drug-likeness (QED) is 0.661. The van der Waals surface area contributed by atoms with E-state index in [4.69, 9.17) is 0 Å². The highest BCUT2D eigenvalue weighted by atomic mass is 15.0. The zero-order chi connectivity index (χ0) is 12.3. The number of nitrogens with zero attached hydrogens (tertiary/aromatic N) is 2. The molecule has 1 heterocycles. The Morgan fingerprint density at radius 2 is 1.82 bits per heavy atom. The fraction of sp³-hybridized carbons (Fsp3) is 0.714. The van der Waals surface area contributed by atoms with Crippen LogP contribution in [0.1, 0.15) is 58.2 Å². The third-order valence-corrected chi connectivity index (χ3v) is 2.80. The Bertz CT molecular complexity index is 299. The second-order valence-electron chi connectivity index (χ2n) is 4.45. The first-order valence-electron chi connectivity index (χ1n) is 6.92. The SMILES string of the molecule is CCCCCNc1ccnc(CCCCC)n1. The fourth-order valence-corrected chi connectivity index (χ4v) is 1.74. The van der Waals surface area contributed by atoms with Gasteiger partial charge < -0.3 is 5.32 Å². The summed E-state index contributed by atoms with van der Waals surface area (Å²) in [4.78, 5) is 8.82. The molecular weight excluding hydrogens is 210 g/mol. The number of unbranched alkanes of at least 4 members (excludes halogenated alkanes) is 4. The van der Waals surface area contributed by atoms with E-state index in [0.717, 1.165) is 24.6 Å². The number of hydrogen-bond donors (Lipinski definition) is 1. The molecule has 0 radical (unpaired) electrons. The first-order valence-corrected chi connectivity index (χ1v) is 6.92. The van der Waals surface area contributed by atoms with Gasteiger partial charge in [-0.1, -0.05) is 39.5 Å². The van der Waals surface area contributed by atoms with Gasteiger partial charge >= 0.3 is 0 Å². The lowest BCUT2D eigenvalue weighted by Gasteiger charge is -2.06. The van der Waals surface area contributed by atoms with Gasteiger partial charge in [0, 0.05) is 19.2 Å². The third kappa shape index (κ3) is 6.25. The summed E-state index contributed by atoms with van der Waals surface area (Å²) in [7, 11) is 0. The van der Waals surface area contributed by atoms with Crippen LogP contribution in [0.2, 0.25) is 0 Å². The lowest BCUT2D eigenvalue weighted by molar-refractivity contribution is 0.693. The maximum Gasteiger partial charge on any atom is 0.130 e. The van der Waals surface area contributed by atoms with Crippen LogP contribution in [0.15, 0.2) is 12.3 Å². The Labute approximate surface area is 105 Å². The van der Waals surface area contributed by atoms with Crippen molar-refractivity contribution in [2.75, 3.05) is 11.9 Å². The lowest BCUT2D eigenvalue weighted by atomic mass is 10.2. The van der Waals surface area contributed by atoms with Crippen LogP contribution >= 0.6 is 0 Å². The van der Waals surface area contributed by atoms with Gasteiger partial charge in [-0.25, -0.2) is 9.97 Å². The van der Waals surface area contributed by atoms with Gasteiger partial charge in [0.1, 0.15) is 11.6 Å². The van der Waals surface area contributed by atoms with E-state index < -0.39 is 0 Å². The molecule has 0 spiro atoms. The van der Waals surface area contributed by atoms with E-state index in [1.807, 2.05) is 12.3 Å². The van der Waals surface area contributed by atoms with Crippen molar-refractivity contribution < 1.29 is 0 Å². The molecule has 0 aromatic carbocycles. The number of aromatic nitrogens is 2. The molecule has 3 heteroatoms. The minimum atomic E-state index is 0.971. The van der Waals surface area contributed by atoms with E-state index in [2.05, 4.69) is 29.1 Å². The van der Waals surface area contributed by atoms with Crippen molar-refractivity contribution in [3.8, 4) is 0 Å². The fourth-order valence-electron chi connectivity index (χ4n) is 1.74. The van der Waals surface area contributed by atoms with Gasteiger partial charge in [0.05, 0.1) is 0 Å². The van der Waals surface area contributed by atoms with E-state index >= 15 is 0 Å². The Hall–Kier alpha value is -1.12. The van der Waals surface area contributed by atoms with Gasteiger partial charge in [0.15, 0.2) is 0 Å². The molecule has 0 aliphatic carbocycles. The number of nitrogens with one attached hydrogen (secondary N) is 1. The topological polar surface area (TPSA) is 37.8 Å². The van der Waals surface area contributed by atoms with Crippen molar-refractivity contribution in [3.05, 3.63) is 18.1 Å². The van der Waals surface area contributed by atoms with E-state index in [1.54, 1.807) is 0 Å². The molecule has 1 aromatic rings. The van der Waals surface area contributed by atoms with Crippen LogP contribution in [-0.4, -0.2) is 16.5 Å². The van der Waals surface area contributed by atoms with Crippen LogP contribution in [0, 0.1) is 0 Å². The molecule has 0 aliphatic heterocycles. The van der Waals surface area contributed by atoms with Crippen LogP contribution in [0.5, 0.6) is 0 Å². The Morgan fingerprint density at radius 1 is 1.06 bits per heavy atom. The van der Waals surface area contributed by atoms with Crippen molar-refractivity contribution in [1.29, 1.82) is 0 Å². The van der Waals surface area contributed by atoms with Crippen LogP contribution in [-0.2, 0) is 6.42 Å². The molecule has 0 saturated carbocycles. The summed E-state index contributed by atoms with van der Waals surface area (Å²) in [5.74, 6) is 1.95. The highest BCUT2D eigenvalue weighted by Gasteiger charge is 1.98. The number of rotatable bonds is 9. The highest BCUT2D eigenvalue weighted by Crippen LogP contribution is 2.06. The second-order valence-corrected chi connectivity index (χ2v) is 4.45. The van der Waals surface area contributed by atoms with E-state index in [-0.39, 0.29) is 0 Å². The van der Waals surface area contributed by atoms with Crippen molar-refractivity contribution in [2.24, 2.45) is 0 Å². The van der Waals surface area contributed by atoms with Crippen LogP contribution in [0.3, 0.4) is 0 Å². The first kappa shape index (κ1) is 13.9. The molecule has 0 aliphatic rings. The third-order valence-electron chi connectivity index (χ3n) is 2.80. The molecule has 0 unspecified atom stereocenters. The molecule has 96 valence electrons. The van der Waals surface area contributed by atoms with Gasteiger partial charge in [-0.15, -0.1) is 0 Å². The summed E-state index contributed by atoms with van der Waals surface area (Å²) in [5, 5.41) is 3.36. The van der Waals surface area contributed by atoms with Crippen molar-refractivity contribution in [2.45, 2.75) is 58.8 Å². The van der Waals surface area contributed by atoms with Gasteiger partial charge in [0.25, 0.3) is 0 Å². The van der Waals surface area contributed by atoms with E-state index in [0.29, 0.717) is 0 Å². The molecule has 1 rings (SSSR count). The maximum atomic E-state index is 4.52. The molecule has 17 heavy (non-hydrogen) atoms. The summed E-state index contributed by atoms with van der Waals surface area (Å²) < 4.78 is 0. The first-order chi connectivity index (χ1) is 8.36. The number of hydrogen-bond acceptors (Lipinski definition) is 3. The molecule has 1 aromatic heterocycles. The largest absolute Gasteiger partial charge is 0.370 e. The van der Waals surface area contributed by atoms with Crippen LogP contribution in [0.4, 0.5) is 5.82 Å². The van der Waals surface area contributed by atoms with Crippen molar-refractivity contribution >= 4 is 5.82 Å². The highest BCUT2D eigenvalue weighted by molar-refractivity contribution is 5.32. The zero-order valence-electron chi connectivity index (χ0n) is 11.2. The lowest BCUT2D eigenvalue weighted by Crippen LogP contribution is -2.05. The maximum absolute atomic E-state index is 4.52. The van der Waals surface area contributed by atoms with Gasteiger partial charge in [0.2, 0.25) is 0 Å². The Balaban J connectivity index is 2.31. The Morgan fingerprint density at radius 3 is 2.59 bits per heavy atom. The average Bonchev–Trinajstić information content (AvgIpc) is 2.36. The van der Waals surface area contributed by atoms with Crippen molar-refractivity contribution in [3.63, 3.8) is 0 Å². The summed E-state index contributed by atoms with van der Waals surface area (Å²) in [5.41, 5.74) is 0. The Kier molecular flexibility index (Phi) is 7.35. The molecule has 0 atom stereocenters. The summed E-state index contributed by atoms with van der Waals surface area (Å²) >= 11 is 0. The van der Waals surface area contributed by atoms with E-state index in [9.17, 15) is 0 Å². The predicted octanol–water partition coefficient (Wildman–Crippen LogP) is 3.81. The average molecular weight is 235 g/mol. The molecule has 0 saturated heterocycles. The predicted molar refractivity (Wildman–Crippen MR) is 73.3 cm³/mol. The molecule has 0 bridgehead atoms. The number of aryl methyl sites for hydroxylation is 1. The molecule has 1 N–H and O–H groups in total. The molecular formula is C14H25N3. The van der Waals surface area contributed by atoms with E-state index in [1.165, 1.54) is 38.5 Å².